The van der Waals surface area contributed by atoms with Crippen molar-refractivity contribution in [2.24, 2.45) is 11.7 Å². The third-order valence-electron chi connectivity index (χ3n) is 0.697. The topological polar surface area (TPSA) is 26.0 Å². The van der Waals surface area contributed by atoms with Crippen molar-refractivity contribution in [1.82, 2.24) is 0 Å². The predicted molar refractivity (Wildman–Crippen MR) is 42.2 cm³/mol. The van der Waals surface area contributed by atoms with Crippen molar-refractivity contribution in [1.29, 1.82) is 0 Å². The summed E-state index contributed by atoms with van der Waals surface area (Å²) < 4.78 is 0. The van der Waals surface area contributed by atoms with Crippen molar-refractivity contribution in [3.8, 4) is 0 Å². The van der Waals surface area contributed by atoms with E-state index >= 15 is 0 Å². The van der Waals surface area contributed by atoms with Gasteiger partial charge in [0, 0.05) is 21.1 Å². The Hall–Kier alpha value is 0.228. The van der Waals surface area contributed by atoms with E-state index in [-0.39, 0.29) is 21.1 Å². The molecule has 0 aliphatic heterocycles. The molecule has 0 aliphatic carbocycles. The summed E-state index contributed by atoms with van der Waals surface area (Å²) in [6, 6.07) is 0. The Morgan fingerprint density at radius 2 is 2.00 bits per heavy atom. The molecule has 0 saturated heterocycles. The Balaban J connectivity index is -0.000000107. The van der Waals surface area contributed by atoms with Crippen LogP contribution in [-0.4, -0.2) is 0 Å². The van der Waals surface area contributed by atoms with Crippen molar-refractivity contribution < 1.29 is 21.1 Å². The van der Waals surface area contributed by atoms with Crippen LogP contribution in [-0.2, 0) is 21.1 Å². The molecule has 2 N–H and O–H groups in total. The van der Waals surface area contributed by atoms with E-state index in [0.717, 1.165) is 12.8 Å². The minimum absolute atomic E-state index is 0. The van der Waals surface area contributed by atoms with Gasteiger partial charge in [0.05, 0.1) is 0 Å². The molecule has 0 bridgehead atoms. The number of nitrogens with two attached hydrogens (primary N) is 1. The Kier molecular flexibility index (Phi) is 26.9. The van der Waals surface area contributed by atoms with E-state index in [0.29, 0.717) is 5.92 Å². The van der Waals surface area contributed by atoms with Crippen LogP contribution in [0.5, 0.6) is 0 Å². The van der Waals surface area contributed by atoms with Gasteiger partial charge in [-0.3, -0.25) is 6.58 Å². The van der Waals surface area contributed by atoms with Gasteiger partial charge in [0.25, 0.3) is 0 Å². The second-order valence-corrected chi connectivity index (χ2v) is 1.95. The van der Waals surface area contributed by atoms with Gasteiger partial charge in [-0.25, -0.2) is 0 Å². The number of hydrogen-bond donors (Lipinski definition) is 1. The molecule has 0 aromatic heterocycles. The molecule has 0 spiro atoms. The van der Waals surface area contributed by atoms with Crippen LogP contribution >= 0.6 is 0 Å². The van der Waals surface area contributed by atoms with Gasteiger partial charge in [0.15, 0.2) is 0 Å². The first-order valence-corrected chi connectivity index (χ1v) is 3.04. The van der Waals surface area contributed by atoms with Crippen molar-refractivity contribution >= 4 is 0 Å². The molecule has 10 heavy (non-hydrogen) atoms. The average Bonchev–Trinajstić information content (AvgIpc) is 1.67. The molecule has 0 saturated carbocycles. The van der Waals surface area contributed by atoms with Gasteiger partial charge in [0.1, 0.15) is 0 Å². The molecule has 0 aromatic carbocycles. The second kappa shape index (κ2) is 16.1. The fourth-order valence-corrected chi connectivity index (χ4v) is 0.348. The monoisotopic (exact) mass is 310 g/mol. The molecule has 0 amide bonds. The third kappa shape index (κ3) is 41.3. The van der Waals surface area contributed by atoms with Gasteiger partial charge in [-0.2, -0.15) is 12.3 Å². The van der Waals surface area contributed by atoms with Crippen LogP contribution in [0.25, 0.3) is 0 Å². The van der Waals surface area contributed by atoms with Gasteiger partial charge >= 0.3 is 0 Å². The molecule has 1 nitrogen and oxygen atoms in total. The van der Waals surface area contributed by atoms with Crippen LogP contribution < -0.4 is 5.73 Å². The van der Waals surface area contributed by atoms with Crippen LogP contribution in [0.3, 0.4) is 0 Å². The zero-order chi connectivity index (χ0) is 7.70. The molecule has 0 fully saturated rings. The van der Waals surface area contributed by atoms with E-state index in [2.05, 4.69) is 33.1 Å². The number of rotatable bonds is 2. The maximum atomic E-state index is 4.49. The van der Waals surface area contributed by atoms with Gasteiger partial charge in [-0.05, 0) is 0 Å². The molecule has 0 rings (SSSR count). The summed E-state index contributed by atoms with van der Waals surface area (Å²) in [7, 11) is 0. The predicted octanol–water partition coefficient (Wildman–Crippen LogP) is 1.96. The van der Waals surface area contributed by atoms with Gasteiger partial charge in [0.2, 0.25) is 0 Å². The van der Waals surface area contributed by atoms with Crippen LogP contribution in [0.2, 0.25) is 0 Å². The number of hydrogen-bond acceptors (Lipinski definition) is 1. The van der Waals surface area contributed by atoms with E-state index in [9.17, 15) is 0 Å². The van der Waals surface area contributed by atoms with Crippen molar-refractivity contribution in [2.75, 3.05) is 0 Å². The first kappa shape index (κ1) is 16.7. The molecule has 0 aromatic rings. The first-order chi connectivity index (χ1) is 4.18. The van der Waals surface area contributed by atoms with E-state index in [1.165, 1.54) is 0 Å². The van der Waals surface area contributed by atoms with Crippen LogP contribution in [0.4, 0.5) is 0 Å². The zero-order valence-corrected chi connectivity index (χ0v) is 9.53. The van der Waals surface area contributed by atoms with Crippen LogP contribution in [0, 0.1) is 26.0 Å². The second-order valence-electron chi connectivity index (χ2n) is 1.95. The largest absolute Gasteiger partial charge is 0.580 e. The maximum absolute atomic E-state index is 4.49. The fourth-order valence-electron chi connectivity index (χ4n) is 0.348. The minimum Gasteiger partial charge on any atom is -0.580 e. The van der Waals surface area contributed by atoms with E-state index < -0.39 is 0 Å². The fraction of sp³-hybridized carbons (Fsp3) is 0.500. The standard InChI is InChI=1S/C6H12.C2H4N.W/c1-4-5-6(2)3;1-2-3;/h6H,1-2,4-5H2,3H3;1,3H2;/q-2;-1;. The van der Waals surface area contributed by atoms with Crippen molar-refractivity contribution in [3.63, 3.8) is 0 Å². The Labute approximate surface area is 79.3 Å². The summed E-state index contributed by atoms with van der Waals surface area (Å²) in [6.07, 6.45) is 4.17. The quantitative estimate of drug-likeness (QED) is 0.612. The molecule has 1 unspecified atom stereocenters. The minimum atomic E-state index is 0. The molecular weight excluding hydrogens is 294 g/mol. The summed E-state index contributed by atoms with van der Waals surface area (Å²) in [4.78, 5) is 0. The summed E-state index contributed by atoms with van der Waals surface area (Å²) in [5, 5.41) is 0. The Morgan fingerprint density at radius 1 is 1.70 bits per heavy atom. The van der Waals surface area contributed by atoms with Crippen molar-refractivity contribution in [2.45, 2.75) is 19.8 Å². The van der Waals surface area contributed by atoms with Gasteiger partial charge in [-0.15, -0.1) is 6.42 Å². The normalized spacial score (nSPS) is 9.90. The molecule has 2 heteroatoms. The zero-order valence-electron chi connectivity index (χ0n) is 6.60. The van der Waals surface area contributed by atoms with Gasteiger partial charge in [-0.1, -0.05) is 6.92 Å². The van der Waals surface area contributed by atoms with Crippen LogP contribution in [0.15, 0.2) is 6.58 Å². The molecule has 0 aliphatic rings. The van der Waals surface area contributed by atoms with Gasteiger partial charge < -0.3 is 25.8 Å². The third-order valence-corrected chi connectivity index (χ3v) is 0.697. The molecule has 0 radical (unpaired) electrons. The smallest absolute Gasteiger partial charge is 0 e. The summed E-state index contributed by atoms with van der Waals surface area (Å²) in [6.45, 7) is 12.6. The molecular formula is C8H16NW-3. The molecule has 62 valence electrons. The average molecular weight is 310 g/mol. The maximum Gasteiger partial charge on any atom is 0 e. The van der Waals surface area contributed by atoms with Crippen LogP contribution in [0.1, 0.15) is 19.8 Å². The summed E-state index contributed by atoms with van der Waals surface area (Å²) in [5.41, 5.74) is 4.49. The van der Waals surface area contributed by atoms with E-state index in [1.54, 1.807) is 0 Å². The molecule has 0 heterocycles. The van der Waals surface area contributed by atoms with E-state index in [4.69, 9.17) is 0 Å². The van der Waals surface area contributed by atoms with E-state index in [1.807, 2.05) is 6.20 Å². The first-order valence-electron chi connectivity index (χ1n) is 3.04. The Bertz CT molecular complexity index is 53.2. The SMILES string of the molecule is C=[C-]N.[CH2-]CCC([CH2-])C.[W]. The summed E-state index contributed by atoms with van der Waals surface area (Å²) >= 11 is 0. The summed E-state index contributed by atoms with van der Waals surface area (Å²) in [5.74, 6) is 0.586. The van der Waals surface area contributed by atoms with Crippen molar-refractivity contribution in [3.05, 3.63) is 26.6 Å². The Morgan fingerprint density at radius 3 is 2.00 bits per heavy atom. The molecule has 1 atom stereocenters.